The van der Waals surface area contributed by atoms with Crippen molar-refractivity contribution in [2.45, 2.75) is 16.1 Å². The van der Waals surface area contributed by atoms with Crippen molar-refractivity contribution < 1.29 is 19.1 Å². The summed E-state index contributed by atoms with van der Waals surface area (Å²) >= 11 is 16.3. The first-order chi connectivity index (χ1) is 17.3. The van der Waals surface area contributed by atoms with Crippen LogP contribution in [0, 0.1) is 5.82 Å². The molecule has 0 spiro atoms. The van der Waals surface area contributed by atoms with Crippen LogP contribution in [0.15, 0.2) is 75.6 Å². The van der Waals surface area contributed by atoms with Crippen LogP contribution in [0.1, 0.15) is 26.8 Å². The Kier molecular flexibility index (Phi) is 7.14. The van der Waals surface area contributed by atoms with Crippen LogP contribution in [0.25, 0.3) is 0 Å². The maximum absolute atomic E-state index is 13.4. The van der Waals surface area contributed by atoms with E-state index in [0.717, 1.165) is 16.9 Å². The molecule has 3 heterocycles. The van der Waals surface area contributed by atoms with Crippen LogP contribution in [-0.4, -0.2) is 27.0 Å². The molecule has 1 aliphatic heterocycles. The number of ketones is 1. The van der Waals surface area contributed by atoms with E-state index >= 15 is 0 Å². The number of rotatable bonds is 7. The number of amides is 1. The zero-order valence-corrected chi connectivity index (χ0v) is 22.0. The Morgan fingerprint density at radius 2 is 1.92 bits per heavy atom. The van der Waals surface area contributed by atoms with E-state index in [-0.39, 0.29) is 21.5 Å². The fourth-order valence-corrected chi connectivity index (χ4v) is 6.69. The fraction of sp³-hybridized carbons (Fsp3) is 0.0833. The molecule has 5 rings (SSSR count). The van der Waals surface area contributed by atoms with Gasteiger partial charge in [-0.1, -0.05) is 70.6 Å². The predicted molar refractivity (Wildman–Crippen MR) is 141 cm³/mol. The minimum atomic E-state index is -1.03. The number of nitrogens with zero attached hydrogens (tertiary/aromatic N) is 3. The summed E-state index contributed by atoms with van der Waals surface area (Å²) in [5, 5.41) is 21.7. The maximum Gasteiger partial charge on any atom is 0.296 e. The van der Waals surface area contributed by atoms with Crippen molar-refractivity contribution in [1.29, 1.82) is 0 Å². The highest BCUT2D eigenvalue weighted by Crippen LogP contribution is 2.46. The van der Waals surface area contributed by atoms with E-state index in [2.05, 4.69) is 10.2 Å². The Morgan fingerprint density at radius 1 is 1.14 bits per heavy atom. The summed E-state index contributed by atoms with van der Waals surface area (Å²) in [5.74, 6) is -1.73. The van der Waals surface area contributed by atoms with Gasteiger partial charge in [-0.25, -0.2) is 4.39 Å². The van der Waals surface area contributed by atoms with Gasteiger partial charge < -0.3 is 5.11 Å². The Labute approximate surface area is 227 Å². The summed E-state index contributed by atoms with van der Waals surface area (Å²) in [4.78, 5) is 28.2. The summed E-state index contributed by atoms with van der Waals surface area (Å²) in [6.07, 6.45) is 0. The molecule has 2 aromatic carbocycles. The van der Waals surface area contributed by atoms with Gasteiger partial charge >= 0.3 is 0 Å². The summed E-state index contributed by atoms with van der Waals surface area (Å²) in [6.45, 7) is 0. The number of carbonyl (C=O) groups excluding carboxylic acids is 2. The van der Waals surface area contributed by atoms with Gasteiger partial charge in [-0.2, -0.15) is 0 Å². The molecule has 182 valence electrons. The lowest BCUT2D eigenvalue weighted by atomic mass is 9.95. The third-order valence-corrected chi connectivity index (χ3v) is 8.89. The van der Waals surface area contributed by atoms with E-state index in [1.807, 2.05) is 0 Å². The molecule has 0 aliphatic carbocycles. The number of hydrogen-bond donors (Lipinski definition) is 1. The predicted octanol–water partition coefficient (Wildman–Crippen LogP) is 7.12. The van der Waals surface area contributed by atoms with Crippen molar-refractivity contribution in [3.63, 3.8) is 0 Å². The third kappa shape index (κ3) is 4.79. The van der Waals surface area contributed by atoms with Crippen molar-refractivity contribution in [3.05, 3.63) is 103 Å². The summed E-state index contributed by atoms with van der Waals surface area (Å²) < 4.78 is 13.7. The highest BCUT2D eigenvalue weighted by Gasteiger charge is 2.47. The molecule has 0 saturated carbocycles. The number of anilines is 1. The number of benzene rings is 2. The normalized spacial score (nSPS) is 15.7. The van der Waals surface area contributed by atoms with Crippen molar-refractivity contribution in [2.75, 3.05) is 4.90 Å². The van der Waals surface area contributed by atoms with Gasteiger partial charge in [0.2, 0.25) is 10.9 Å². The van der Waals surface area contributed by atoms with Crippen LogP contribution in [0.2, 0.25) is 10.0 Å². The van der Waals surface area contributed by atoms with Crippen LogP contribution in [0.5, 0.6) is 0 Å². The van der Waals surface area contributed by atoms with Crippen molar-refractivity contribution in [3.8, 4) is 0 Å². The van der Waals surface area contributed by atoms with Gasteiger partial charge in [-0.3, -0.25) is 14.5 Å². The number of aromatic nitrogens is 2. The van der Waals surface area contributed by atoms with E-state index in [9.17, 15) is 19.1 Å². The molecular formula is C24H14Cl2FN3O3S3. The number of aliphatic hydroxyl groups excluding tert-OH is 1. The van der Waals surface area contributed by atoms with Crippen molar-refractivity contribution in [2.24, 2.45) is 0 Å². The lowest BCUT2D eigenvalue weighted by Gasteiger charge is -2.24. The zero-order chi connectivity index (χ0) is 25.4. The van der Waals surface area contributed by atoms with E-state index in [1.165, 1.54) is 46.2 Å². The standard InChI is InChI=1S/C24H14Cl2FN3O3S3/c25-13-5-8-15(16(26)10-13)19-18(20(31)17-2-1-9-34-17)21(32)22(33)30(19)23-28-29-24(36-23)35-11-12-3-6-14(27)7-4-12/h1-10,19,32H,11H2. The van der Waals surface area contributed by atoms with Crippen molar-refractivity contribution >= 4 is 74.5 Å². The average Bonchev–Trinajstić information content (AvgIpc) is 3.60. The Balaban J connectivity index is 1.51. The number of aliphatic hydroxyl groups is 1. The van der Waals surface area contributed by atoms with Crippen LogP contribution < -0.4 is 4.90 Å². The molecule has 1 aliphatic rings. The summed E-state index contributed by atoms with van der Waals surface area (Å²) in [5.41, 5.74) is 1.21. The molecule has 6 nitrogen and oxygen atoms in total. The molecule has 1 unspecified atom stereocenters. The van der Waals surface area contributed by atoms with Crippen LogP contribution in [-0.2, 0) is 10.5 Å². The molecule has 0 fully saturated rings. The smallest absolute Gasteiger partial charge is 0.296 e. The highest BCUT2D eigenvalue weighted by atomic mass is 35.5. The molecule has 1 atom stereocenters. The SMILES string of the molecule is O=C(C1=C(O)C(=O)N(c2nnc(SCc3ccc(F)cc3)s2)C1c1ccc(Cl)cc1Cl)c1cccs1. The molecule has 12 heteroatoms. The second-order valence-corrected chi connectivity index (χ2v) is 11.5. The first-order valence-corrected chi connectivity index (χ1v) is 13.8. The molecule has 2 aromatic heterocycles. The van der Waals surface area contributed by atoms with E-state index in [4.69, 9.17) is 23.2 Å². The second kappa shape index (κ2) is 10.3. The van der Waals surface area contributed by atoms with E-state index < -0.39 is 23.5 Å². The van der Waals surface area contributed by atoms with Gasteiger partial charge in [0.15, 0.2) is 10.1 Å². The molecule has 1 amide bonds. The second-order valence-electron chi connectivity index (χ2n) is 7.58. The first-order valence-electron chi connectivity index (χ1n) is 10.3. The number of Topliss-reactive ketones (excluding diaryl/α,β-unsaturated/α-hetero) is 1. The molecule has 0 bridgehead atoms. The molecule has 36 heavy (non-hydrogen) atoms. The number of halogens is 3. The number of thiophene rings is 1. The van der Waals surface area contributed by atoms with Gasteiger partial charge in [0, 0.05) is 15.8 Å². The monoisotopic (exact) mass is 577 g/mol. The molecular weight excluding hydrogens is 564 g/mol. The van der Waals surface area contributed by atoms with Crippen LogP contribution in [0.3, 0.4) is 0 Å². The van der Waals surface area contributed by atoms with E-state index in [1.54, 1.807) is 41.8 Å². The van der Waals surface area contributed by atoms with Gasteiger partial charge in [0.1, 0.15) is 5.82 Å². The van der Waals surface area contributed by atoms with Crippen LogP contribution in [0.4, 0.5) is 9.52 Å². The number of thioether (sulfide) groups is 1. The molecule has 1 N–H and O–H groups in total. The van der Waals surface area contributed by atoms with Gasteiger partial charge in [0.05, 0.1) is 16.5 Å². The summed E-state index contributed by atoms with van der Waals surface area (Å²) in [7, 11) is 0. The Hall–Kier alpha value is -2.76. The largest absolute Gasteiger partial charge is 0.503 e. The van der Waals surface area contributed by atoms with Crippen molar-refractivity contribution in [1.82, 2.24) is 10.2 Å². The first kappa shape index (κ1) is 24.9. The Morgan fingerprint density at radius 3 is 2.61 bits per heavy atom. The number of carbonyl (C=O) groups is 2. The zero-order valence-electron chi connectivity index (χ0n) is 18.0. The third-order valence-electron chi connectivity index (χ3n) is 5.33. The molecule has 0 saturated heterocycles. The fourth-order valence-electron chi connectivity index (χ4n) is 3.68. The van der Waals surface area contributed by atoms with E-state index in [0.29, 0.717) is 25.6 Å². The van der Waals surface area contributed by atoms with Gasteiger partial charge in [-0.15, -0.1) is 21.5 Å². The lowest BCUT2D eigenvalue weighted by Crippen LogP contribution is -2.31. The minimum absolute atomic E-state index is 0.0950. The number of hydrogen-bond acceptors (Lipinski definition) is 8. The van der Waals surface area contributed by atoms with Gasteiger partial charge in [0.25, 0.3) is 5.91 Å². The van der Waals surface area contributed by atoms with Crippen LogP contribution >= 0.6 is 57.6 Å². The average molecular weight is 578 g/mol. The minimum Gasteiger partial charge on any atom is -0.503 e. The molecule has 0 radical (unpaired) electrons. The van der Waals surface area contributed by atoms with Gasteiger partial charge in [-0.05, 0) is 46.8 Å². The molecule has 4 aromatic rings. The summed E-state index contributed by atoms with van der Waals surface area (Å²) in [6, 6.07) is 13.1. The quantitative estimate of drug-likeness (QED) is 0.143. The topological polar surface area (TPSA) is 83.4 Å². The Bertz CT molecular complexity index is 1490. The lowest BCUT2D eigenvalue weighted by molar-refractivity contribution is -0.117. The highest BCUT2D eigenvalue weighted by molar-refractivity contribution is 8.00. The maximum atomic E-state index is 13.4.